The van der Waals surface area contributed by atoms with Gasteiger partial charge in [0, 0.05) is 32.9 Å². The van der Waals surface area contributed by atoms with Crippen molar-refractivity contribution in [2.75, 3.05) is 0 Å². The van der Waals surface area contributed by atoms with Crippen LogP contribution in [-0.4, -0.2) is 9.13 Å². The molecular weight excluding hydrogens is 677 g/mol. The van der Waals surface area contributed by atoms with Gasteiger partial charge in [0.2, 0.25) is 0 Å². The van der Waals surface area contributed by atoms with Gasteiger partial charge in [0.25, 0.3) is 0 Å². The number of nitrogens with zero attached hydrogens (tertiary/aromatic N) is 2. The third-order valence-corrected chi connectivity index (χ3v) is 11.3. The van der Waals surface area contributed by atoms with E-state index in [0.717, 1.165) is 11.4 Å². The zero-order valence-corrected chi connectivity index (χ0v) is 30.7. The molecule has 262 valence electrons. The van der Waals surface area contributed by atoms with E-state index < -0.39 is 0 Å². The minimum atomic E-state index is 1.14. The number of fused-ring (bicyclic) bond motifs is 6. The second kappa shape index (κ2) is 13.2. The molecule has 9 aromatic carbocycles. The third kappa shape index (κ3) is 5.34. The molecule has 0 N–H and O–H groups in total. The van der Waals surface area contributed by atoms with E-state index in [1.807, 2.05) is 0 Å². The Labute approximate surface area is 325 Å². The molecular formula is C54H36N2. The molecule has 11 rings (SSSR count). The van der Waals surface area contributed by atoms with Gasteiger partial charge in [-0.3, -0.25) is 0 Å². The molecule has 0 aliphatic heterocycles. The van der Waals surface area contributed by atoms with Crippen LogP contribution in [0.1, 0.15) is 0 Å². The van der Waals surface area contributed by atoms with Crippen LogP contribution in [0.5, 0.6) is 0 Å². The normalized spacial score (nSPS) is 11.6. The van der Waals surface area contributed by atoms with Crippen molar-refractivity contribution in [3.05, 3.63) is 218 Å². The van der Waals surface area contributed by atoms with Crippen molar-refractivity contribution in [2.24, 2.45) is 0 Å². The summed E-state index contributed by atoms with van der Waals surface area (Å²) >= 11 is 0. The molecule has 2 nitrogen and oxygen atoms in total. The molecule has 0 aliphatic carbocycles. The fourth-order valence-electron chi connectivity index (χ4n) is 8.62. The van der Waals surface area contributed by atoms with E-state index in [1.165, 1.54) is 88.1 Å². The van der Waals surface area contributed by atoms with Gasteiger partial charge >= 0.3 is 0 Å². The molecule has 0 atom stereocenters. The first kappa shape index (κ1) is 32.0. The molecule has 11 aromatic rings. The Morgan fingerprint density at radius 2 is 0.518 bits per heavy atom. The lowest BCUT2D eigenvalue weighted by Crippen LogP contribution is -1.96. The van der Waals surface area contributed by atoms with E-state index in [0.29, 0.717) is 0 Å². The zero-order chi connectivity index (χ0) is 37.0. The SMILES string of the molecule is c1ccc(-c2cccc(-n3c4ccc(-c5ccccc5)cc4c4cc5c6cc(-c7ccccc7)ccc6n(-c6cccc(-c7ccccc7)c6)c5cc43)c2)cc1. The Morgan fingerprint density at radius 3 is 0.893 bits per heavy atom. The first-order valence-corrected chi connectivity index (χ1v) is 19.3. The molecule has 0 amide bonds. The van der Waals surface area contributed by atoms with E-state index in [9.17, 15) is 0 Å². The summed E-state index contributed by atoms with van der Waals surface area (Å²) in [7, 11) is 0. The quantitative estimate of drug-likeness (QED) is 0.162. The second-order valence-corrected chi connectivity index (χ2v) is 14.6. The minimum Gasteiger partial charge on any atom is -0.309 e. The molecule has 2 aromatic heterocycles. The van der Waals surface area contributed by atoms with E-state index in [1.54, 1.807) is 0 Å². The minimum absolute atomic E-state index is 1.14. The lowest BCUT2D eigenvalue weighted by Gasteiger charge is -2.12. The van der Waals surface area contributed by atoms with Gasteiger partial charge in [-0.15, -0.1) is 0 Å². The summed E-state index contributed by atoms with van der Waals surface area (Å²) in [5.74, 6) is 0. The Kier molecular flexibility index (Phi) is 7.53. The van der Waals surface area contributed by atoms with Gasteiger partial charge in [-0.1, -0.05) is 158 Å². The van der Waals surface area contributed by atoms with Crippen LogP contribution in [0.2, 0.25) is 0 Å². The van der Waals surface area contributed by atoms with Gasteiger partial charge in [0.15, 0.2) is 0 Å². The predicted octanol–water partition coefficient (Wildman–Crippen LogP) is 14.5. The topological polar surface area (TPSA) is 9.86 Å². The van der Waals surface area contributed by atoms with Crippen LogP contribution in [0.3, 0.4) is 0 Å². The van der Waals surface area contributed by atoms with Crippen molar-refractivity contribution in [3.8, 4) is 55.9 Å². The van der Waals surface area contributed by atoms with Crippen molar-refractivity contribution in [1.29, 1.82) is 0 Å². The van der Waals surface area contributed by atoms with Gasteiger partial charge in [-0.25, -0.2) is 0 Å². The van der Waals surface area contributed by atoms with E-state index in [2.05, 4.69) is 228 Å². The second-order valence-electron chi connectivity index (χ2n) is 14.6. The first-order chi connectivity index (χ1) is 27.8. The third-order valence-electron chi connectivity index (χ3n) is 11.3. The molecule has 0 spiro atoms. The number of aromatic nitrogens is 2. The summed E-state index contributed by atoms with van der Waals surface area (Å²) in [6, 6.07) is 79.5. The Balaban J connectivity index is 1.24. The van der Waals surface area contributed by atoms with Gasteiger partial charge in [-0.2, -0.15) is 0 Å². The van der Waals surface area contributed by atoms with Crippen molar-refractivity contribution in [2.45, 2.75) is 0 Å². The summed E-state index contributed by atoms with van der Waals surface area (Å²) in [4.78, 5) is 0. The van der Waals surface area contributed by atoms with Gasteiger partial charge in [0.1, 0.15) is 0 Å². The number of rotatable bonds is 6. The maximum absolute atomic E-state index is 2.46. The highest BCUT2D eigenvalue weighted by Crippen LogP contribution is 2.42. The van der Waals surface area contributed by atoms with Crippen molar-refractivity contribution >= 4 is 43.6 Å². The lowest BCUT2D eigenvalue weighted by atomic mass is 10.0. The maximum atomic E-state index is 2.46. The van der Waals surface area contributed by atoms with Gasteiger partial charge in [-0.05, 0) is 105 Å². The Hall–Kier alpha value is -7.42. The molecule has 2 heteroatoms. The van der Waals surface area contributed by atoms with Crippen molar-refractivity contribution in [3.63, 3.8) is 0 Å². The molecule has 56 heavy (non-hydrogen) atoms. The van der Waals surface area contributed by atoms with Crippen LogP contribution in [0, 0.1) is 0 Å². The summed E-state index contributed by atoms with van der Waals surface area (Å²) in [5.41, 5.74) is 16.6. The monoisotopic (exact) mass is 712 g/mol. The predicted molar refractivity (Wildman–Crippen MR) is 237 cm³/mol. The van der Waals surface area contributed by atoms with Crippen LogP contribution in [0.25, 0.3) is 99.5 Å². The average molecular weight is 713 g/mol. The highest BCUT2D eigenvalue weighted by molar-refractivity contribution is 6.20. The fourth-order valence-corrected chi connectivity index (χ4v) is 8.62. The lowest BCUT2D eigenvalue weighted by molar-refractivity contribution is 1.16. The van der Waals surface area contributed by atoms with Crippen LogP contribution in [0.15, 0.2) is 218 Å². The summed E-state index contributed by atoms with van der Waals surface area (Å²) < 4.78 is 4.92. The van der Waals surface area contributed by atoms with Crippen LogP contribution >= 0.6 is 0 Å². The largest absolute Gasteiger partial charge is 0.309 e. The van der Waals surface area contributed by atoms with E-state index in [-0.39, 0.29) is 0 Å². The molecule has 0 fully saturated rings. The fraction of sp³-hybridized carbons (Fsp3) is 0. The first-order valence-electron chi connectivity index (χ1n) is 19.3. The van der Waals surface area contributed by atoms with Crippen molar-refractivity contribution in [1.82, 2.24) is 9.13 Å². The summed E-state index contributed by atoms with van der Waals surface area (Å²) in [5, 5.41) is 4.94. The molecule has 2 heterocycles. The highest BCUT2D eigenvalue weighted by Gasteiger charge is 2.20. The highest BCUT2D eigenvalue weighted by atomic mass is 15.0. The van der Waals surface area contributed by atoms with E-state index >= 15 is 0 Å². The zero-order valence-electron chi connectivity index (χ0n) is 30.7. The number of hydrogen-bond donors (Lipinski definition) is 0. The molecule has 0 saturated heterocycles. The summed E-state index contributed by atoms with van der Waals surface area (Å²) in [6.07, 6.45) is 0. The average Bonchev–Trinajstić information content (AvgIpc) is 3.78. The van der Waals surface area contributed by atoms with Gasteiger partial charge in [0.05, 0.1) is 22.1 Å². The Morgan fingerprint density at radius 1 is 0.196 bits per heavy atom. The molecule has 0 bridgehead atoms. The number of benzene rings is 9. The Bertz CT molecular complexity index is 2990. The summed E-state index contributed by atoms with van der Waals surface area (Å²) in [6.45, 7) is 0. The van der Waals surface area contributed by atoms with Crippen molar-refractivity contribution < 1.29 is 0 Å². The van der Waals surface area contributed by atoms with Crippen LogP contribution < -0.4 is 0 Å². The van der Waals surface area contributed by atoms with E-state index in [4.69, 9.17) is 0 Å². The van der Waals surface area contributed by atoms with Crippen LogP contribution in [0.4, 0.5) is 0 Å². The van der Waals surface area contributed by atoms with Gasteiger partial charge < -0.3 is 9.13 Å². The van der Waals surface area contributed by atoms with Crippen LogP contribution in [-0.2, 0) is 0 Å². The molecule has 0 radical (unpaired) electrons. The smallest absolute Gasteiger partial charge is 0.0562 e. The molecule has 0 saturated carbocycles. The maximum Gasteiger partial charge on any atom is 0.0562 e. The standard InChI is InChI=1S/C54H36N2/c1-5-15-37(16-6-1)41-23-13-25-45(31-41)55-51-29-27-43(39-19-9-3-10-20-39)33-47(51)49-35-50-48-34-44(40-21-11-4-12-22-40)28-30-52(48)56(54(50)36-53(49)55)46-26-14-24-42(32-46)38-17-7-2-8-18-38/h1-36H. The molecule has 0 aliphatic rings. The molecule has 0 unspecified atom stereocenters. The number of hydrogen-bond acceptors (Lipinski definition) is 0.